The number of sulfonamides is 1. The van der Waals surface area contributed by atoms with Gasteiger partial charge in [0.1, 0.15) is 0 Å². The Labute approximate surface area is 123 Å². The third-order valence-corrected chi connectivity index (χ3v) is 5.45. The highest BCUT2D eigenvalue weighted by Crippen LogP contribution is 2.27. The van der Waals surface area contributed by atoms with Gasteiger partial charge in [-0.15, -0.1) is 0 Å². The van der Waals surface area contributed by atoms with Crippen LogP contribution in [-0.2, 0) is 10.0 Å². The lowest BCUT2D eigenvalue weighted by Crippen LogP contribution is -2.36. The van der Waals surface area contributed by atoms with Gasteiger partial charge in [0.05, 0.1) is 15.5 Å². The van der Waals surface area contributed by atoms with E-state index in [9.17, 15) is 13.2 Å². The highest BCUT2D eigenvalue weighted by atomic mass is 35.5. The number of rotatable bonds is 4. The summed E-state index contributed by atoms with van der Waals surface area (Å²) < 4.78 is 27.2. The average Bonchev–Trinajstić information content (AvgIpc) is 2.73. The predicted molar refractivity (Wildman–Crippen MR) is 75.5 cm³/mol. The van der Waals surface area contributed by atoms with Crippen molar-refractivity contribution in [2.75, 3.05) is 0 Å². The van der Waals surface area contributed by atoms with Gasteiger partial charge in [-0.3, -0.25) is 0 Å². The van der Waals surface area contributed by atoms with Crippen LogP contribution in [0.2, 0.25) is 5.02 Å². The van der Waals surface area contributed by atoms with Crippen LogP contribution < -0.4 is 4.72 Å². The van der Waals surface area contributed by atoms with Crippen LogP contribution in [0, 0.1) is 5.92 Å². The number of benzene rings is 1. The zero-order chi connectivity index (χ0) is 14.9. The first-order chi connectivity index (χ1) is 9.31. The van der Waals surface area contributed by atoms with Crippen molar-refractivity contribution in [1.82, 2.24) is 4.72 Å². The monoisotopic (exact) mass is 317 g/mol. The third-order valence-electron chi connectivity index (χ3n) is 3.65. The standard InChI is InChI=1S/C13H16ClNO4S/c1-8-3-2-4-12(8)15-20(18,19)9-5-6-10(13(16)17)11(14)7-9/h5-8,12,15H,2-4H2,1H3,(H,16,17). The summed E-state index contributed by atoms with van der Waals surface area (Å²) in [6.07, 6.45) is 2.83. The second kappa shape index (κ2) is 5.71. The summed E-state index contributed by atoms with van der Waals surface area (Å²) in [4.78, 5) is 10.8. The maximum Gasteiger partial charge on any atom is 0.337 e. The highest BCUT2D eigenvalue weighted by Gasteiger charge is 2.28. The smallest absolute Gasteiger partial charge is 0.337 e. The van der Waals surface area contributed by atoms with Gasteiger partial charge in [0, 0.05) is 6.04 Å². The highest BCUT2D eigenvalue weighted by molar-refractivity contribution is 7.89. The lowest BCUT2D eigenvalue weighted by Gasteiger charge is -2.17. The molecule has 1 aliphatic rings. The summed E-state index contributed by atoms with van der Waals surface area (Å²) in [7, 11) is -3.67. The van der Waals surface area contributed by atoms with Crippen molar-refractivity contribution in [3.05, 3.63) is 28.8 Å². The molecule has 0 aromatic heterocycles. The Balaban J connectivity index is 2.25. The molecule has 0 amide bonds. The summed E-state index contributed by atoms with van der Waals surface area (Å²) in [5, 5.41) is 8.79. The number of carboxylic acid groups (broad SMARTS) is 1. The van der Waals surface area contributed by atoms with E-state index in [1.807, 2.05) is 6.92 Å². The first-order valence-corrected chi connectivity index (χ1v) is 8.22. The Hall–Kier alpha value is -1.11. The summed E-state index contributed by atoms with van der Waals surface area (Å²) in [5.74, 6) is -0.880. The van der Waals surface area contributed by atoms with Crippen molar-refractivity contribution in [2.24, 2.45) is 5.92 Å². The molecule has 0 heterocycles. The van der Waals surface area contributed by atoms with Crippen LogP contribution in [-0.4, -0.2) is 25.5 Å². The van der Waals surface area contributed by atoms with Gasteiger partial charge in [-0.1, -0.05) is 24.9 Å². The molecule has 2 unspecified atom stereocenters. The Morgan fingerprint density at radius 2 is 2.10 bits per heavy atom. The molecule has 1 aromatic rings. The molecule has 5 nitrogen and oxygen atoms in total. The van der Waals surface area contributed by atoms with E-state index in [1.54, 1.807) is 0 Å². The number of carboxylic acids is 1. The minimum atomic E-state index is -3.67. The maximum atomic E-state index is 12.2. The second-order valence-corrected chi connectivity index (χ2v) is 7.20. The molecule has 0 spiro atoms. The molecular formula is C13H16ClNO4S. The van der Waals surface area contributed by atoms with Crippen molar-refractivity contribution in [2.45, 2.75) is 37.1 Å². The maximum absolute atomic E-state index is 12.2. The van der Waals surface area contributed by atoms with Crippen LogP contribution in [0.1, 0.15) is 36.5 Å². The lowest BCUT2D eigenvalue weighted by molar-refractivity contribution is 0.0697. The van der Waals surface area contributed by atoms with E-state index in [0.29, 0.717) is 5.92 Å². The summed E-state index contributed by atoms with van der Waals surface area (Å²) in [5.41, 5.74) is -0.111. The van der Waals surface area contributed by atoms with Gasteiger partial charge in [0.2, 0.25) is 10.0 Å². The lowest BCUT2D eigenvalue weighted by atomic mass is 10.1. The molecule has 2 N–H and O–H groups in total. The van der Waals surface area contributed by atoms with Gasteiger partial charge in [-0.25, -0.2) is 17.9 Å². The quantitative estimate of drug-likeness (QED) is 0.893. The summed E-state index contributed by atoms with van der Waals surface area (Å²) >= 11 is 5.80. The fourth-order valence-corrected chi connectivity index (χ4v) is 4.16. The van der Waals surface area contributed by atoms with E-state index in [0.717, 1.165) is 19.3 Å². The number of hydrogen-bond donors (Lipinski definition) is 2. The predicted octanol–water partition coefficient (Wildman–Crippen LogP) is 2.51. The van der Waals surface area contributed by atoms with Crippen molar-refractivity contribution >= 4 is 27.6 Å². The topological polar surface area (TPSA) is 83.5 Å². The van der Waals surface area contributed by atoms with Gasteiger partial charge >= 0.3 is 5.97 Å². The van der Waals surface area contributed by atoms with Crippen molar-refractivity contribution in [1.29, 1.82) is 0 Å². The zero-order valence-corrected chi connectivity index (χ0v) is 12.5. The molecule has 0 aliphatic heterocycles. The molecule has 1 aliphatic carbocycles. The number of aromatic carboxylic acids is 1. The van der Waals surface area contributed by atoms with Crippen LogP contribution in [0.3, 0.4) is 0 Å². The first kappa shape index (κ1) is 15.3. The van der Waals surface area contributed by atoms with E-state index in [2.05, 4.69) is 4.72 Å². The van der Waals surface area contributed by atoms with Crippen LogP contribution in [0.15, 0.2) is 23.1 Å². The molecule has 0 radical (unpaired) electrons. The molecular weight excluding hydrogens is 302 g/mol. The molecule has 0 saturated heterocycles. The Morgan fingerprint density at radius 3 is 2.60 bits per heavy atom. The van der Waals surface area contributed by atoms with Gasteiger partial charge in [0.15, 0.2) is 0 Å². The molecule has 7 heteroatoms. The minimum absolute atomic E-state index is 0.00778. The number of halogens is 1. The fraction of sp³-hybridized carbons (Fsp3) is 0.462. The molecule has 1 aromatic carbocycles. The van der Waals surface area contributed by atoms with Gasteiger partial charge in [-0.2, -0.15) is 0 Å². The van der Waals surface area contributed by atoms with Gasteiger partial charge in [0.25, 0.3) is 0 Å². The number of carbonyl (C=O) groups is 1. The van der Waals surface area contributed by atoms with Crippen LogP contribution in [0.5, 0.6) is 0 Å². The number of hydrogen-bond acceptors (Lipinski definition) is 3. The molecule has 0 bridgehead atoms. The second-order valence-electron chi connectivity index (χ2n) is 5.08. The largest absolute Gasteiger partial charge is 0.478 e. The SMILES string of the molecule is CC1CCCC1NS(=O)(=O)c1ccc(C(=O)O)c(Cl)c1. The van der Waals surface area contributed by atoms with E-state index >= 15 is 0 Å². The fourth-order valence-electron chi connectivity index (χ4n) is 2.42. The summed E-state index contributed by atoms with van der Waals surface area (Å²) in [6, 6.07) is 3.57. The van der Waals surface area contributed by atoms with Crippen LogP contribution in [0.4, 0.5) is 0 Å². The van der Waals surface area contributed by atoms with Crippen molar-refractivity contribution in [3.63, 3.8) is 0 Å². The van der Waals surface area contributed by atoms with E-state index < -0.39 is 16.0 Å². The first-order valence-electron chi connectivity index (χ1n) is 6.36. The van der Waals surface area contributed by atoms with E-state index in [-0.39, 0.29) is 21.5 Å². The Bertz CT molecular complexity index is 629. The summed E-state index contributed by atoms with van der Waals surface area (Å²) in [6.45, 7) is 2.01. The van der Waals surface area contributed by atoms with Crippen molar-refractivity contribution in [3.8, 4) is 0 Å². The molecule has 1 saturated carbocycles. The Morgan fingerprint density at radius 1 is 1.40 bits per heavy atom. The van der Waals surface area contributed by atoms with Gasteiger partial charge < -0.3 is 5.11 Å². The number of nitrogens with one attached hydrogen (secondary N) is 1. The molecule has 20 heavy (non-hydrogen) atoms. The van der Waals surface area contributed by atoms with Crippen molar-refractivity contribution < 1.29 is 18.3 Å². The van der Waals surface area contributed by atoms with Crippen LogP contribution in [0.25, 0.3) is 0 Å². The molecule has 2 rings (SSSR count). The van der Waals surface area contributed by atoms with Gasteiger partial charge in [-0.05, 0) is 37.0 Å². The Kier molecular flexibility index (Phi) is 4.36. The van der Waals surface area contributed by atoms with Crippen LogP contribution >= 0.6 is 11.6 Å². The normalized spacial score (nSPS) is 22.9. The average molecular weight is 318 g/mol. The zero-order valence-electron chi connectivity index (χ0n) is 11.0. The molecule has 1 fully saturated rings. The van der Waals surface area contributed by atoms with E-state index in [1.165, 1.54) is 18.2 Å². The molecule has 110 valence electrons. The third kappa shape index (κ3) is 3.13. The minimum Gasteiger partial charge on any atom is -0.478 e. The van der Waals surface area contributed by atoms with E-state index in [4.69, 9.17) is 16.7 Å². The molecule has 2 atom stereocenters.